The molecule has 0 unspecified atom stereocenters. The van der Waals surface area contributed by atoms with Gasteiger partial charge in [0.1, 0.15) is 0 Å². The van der Waals surface area contributed by atoms with Gasteiger partial charge in [-0.1, -0.05) is 0 Å². The molecule has 0 amide bonds. The van der Waals surface area contributed by atoms with E-state index in [2.05, 4.69) is 11.0 Å². The van der Waals surface area contributed by atoms with Crippen LogP contribution in [-0.2, 0) is 4.79 Å². The quantitative estimate of drug-likeness (QED) is 0.419. The van der Waals surface area contributed by atoms with Gasteiger partial charge in [0.05, 0.1) is 0 Å². The van der Waals surface area contributed by atoms with Crippen molar-refractivity contribution < 1.29 is 9.90 Å². The molecule has 0 aliphatic heterocycles. The molecule has 8 heavy (non-hydrogen) atoms. The Morgan fingerprint density at radius 1 is 2.00 bits per heavy atom. The second kappa shape index (κ2) is 4.21. The van der Waals surface area contributed by atoms with E-state index in [0.29, 0.717) is 5.32 Å². The number of hydrogen-bond donors (Lipinski definition) is 3. The number of carboxylic acids is 1. The van der Waals surface area contributed by atoms with Crippen molar-refractivity contribution in [2.45, 2.75) is 11.4 Å². The van der Waals surface area contributed by atoms with Gasteiger partial charge in [0.15, 0.2) is 0 Å². The van der Waals surface area contributed by atoms with Gasteiger partial charge in [-0.05, 0) is 0 Å². The molecule has 0 heterocycles. The second-order valence-electron chi connectivity index (χ2n) is 1.24. The van der Waals surface area contributed by atoms with Crippen LogP contribution >= 0.6 is 11.0 Å². The van der Waals surface area contributed by atoms with Crippen LogP contribution < -0.4 is 5.73 Å². The van der Waals surface area contributed by atoms with Gasteiger partial charge in [-0.15, -0.1) is 0 Å². The van der Waals surface area contributed by atoms with Crippen molar-refractivity contribution in [2.75, 3.05) is 0 Å². The molecule has 0 bridgehead atoms. The Morgan fingerprint density at radius 2 is 2.50 bits per heavy atom. The maximum atomic E-state index is 9.94. The van der Waals surface area contributed by atoms with Crippen molar-refractivity contribution >= 4 is 30.9 Å². The van der Waals surface area contributed by atoms with Crippen molar-refractivity contribution in [3.63, 3.8) is 0 Å². The zero-order chi connectivity index (χ0) is 6.57. The van der Waals surface area contributed by atoms with E-state index >= 15 is 0 Å². The molecule has 0 saturated heterocycles. The van der Waals surface area contributed by atoms with E-state index in [4.69, 9.17) is 10.8 Å². The van der Waals surface area contributed by atoms with Crippen LogP contribution in [0.15, 0.2) is 0 Å². The first kappa shape index (κ1) is 8.30. The number of thiol groups is 1. The summed E-state index contributed by atoms with van der Waals surface area (Å²) in [6.07, 6.45) is 0. The molecule has 0 aliphatic rings. The van der Waals surface area contributed by atoms with Crippen LogP contribution in [0.4, 0.5) is 0 Å². The van der Waals surface area contributed by atoms with Crippen molar-refractivity contribution in [1.29, 1.82) is 0 Å². The third-order valence-electron chi connectivity index (χ3n) is 0.571. The Kier molecular flexibility index (Phi) is 4.36. The fraction of sp³-hybridized carbons (Fsp3) is 0.667. The number of carbonyl (C=O) groups is 1. The van der Waals surface area contributed by atoms with Crippen molar-refractivity contribution in [3.05, 3.63) is 0 Å². The minimum atomic E-state index is -0.944. The number of hydrogen-bond acceptors (Lipinski definition) is 3. The number of nitrogens with two attached hydrogens (primary N) is 1. The van der Waals surface area contributed by atoms with Gasteiger partial charge in [0, 0.05) is 0 Å². The zero-order valence-corrected chi connectivity index (χ0v) is 6.68. The Labute approximate surface area is 58.3 Å². The van der Waals surface area contributed by atoms with Crippen LogP contribution in [0.5, 0.6) is 0 Å². The summed E-state index contributed by atoms with van der Waals surface area (Å²) in [5, 5.41) is 8.66. The molecule has 3 nitrogen and oxygen atoms in total. The predicted molar refractivity (Wildman–Crippen MR) is 35.2 cm³/mol. The normalized spacial score (nSPS) is 13.2. The molecule has 3 N–H and O–H groups in total. The molecule has 48 valence electrons. The van der Waals surface area contributed by atoms with E-state index in [-0.39, 0.29) is 13.8 Å². The first-order chi connectivity index (χ1) is 3.68. The van der Waals surface area contributed by atoms with E-state index in [9.17, 15) is 4.79 Å². The van der Waals surface area contributed by atoms with Crippen LogP contribution in [0.1, 0.15) is 0 Å². The van der Waals surface area contributed by atoms with Crippen molar-refractivity contribution in [3.8, 4) is 0 Å². The predicted octanol–water partition coefficient (Wildman–Crippen LogP) is -0.634. The summed E-state index contributed by atoms with van der Waals surface area (Å²) in [4.78, 5) is 9.94. The summed E-state index contributed by atoms with van der Waals surface area (Å²) in [5.41, 5.74) is 5.09. The summed E-state index contributed by atoms with van der Waals surface area (Å²) in [5.74, 6) is -0.944. The number of rotatable bonds is 3. The SMILES string of the molecule is N[C@@H](C[Se]S)C(=O)O. The van der Waals surface area contributed by atoms with E-state index in [0.717, 1.165) is 0 Å². The maximum absolute atomic E-state index is 9.94. The molecular formula is C3H7NO2SSe. The Balaban J connectivity index is 3.32. The first-order valence-electron chi connectivity index (χ1n) is 1.93. The van der Waals surface area contributed by atoms with Crippen LogP contribution in [0.2, 0.25) is 5.32 Å². The minimum absolute atomic E-state index is 0.0673. The molecule has 5 heteroatoms. The van der Waals surface area contributed by atoms with Gasteiger partial charge in [-0.3, -0.25) is 0 Å². The first-order valence-corrected chi connectivity index (χ1v) is 5.80. The van der Waals surface area contributed by atoms with E-state index < -0.39 is 12.0 Å². The molecule has 0 spiro atoms. The van der Waals surface area contributed by atoms with Gasteiger partial charge in [0.2, 0.25) is 0 Å². The molecule has 0 saturated carbocycles. The van der Waals surface area contributed by atoms with Gasteiger partial charge >= 0.3 is 57.8 Å². The summed E-state index contributed by atoms with van der Waals surface area (Å²) in [7, 11) is 0. The Morgan fingerprint density at radius 3 is 2.62 bits per heavy atom. The van der Waals surface area contributed by atoms with E-state index in [1.165, 1.54) is 0 Å². The zero-order valence-electron chi connectivity index (χ0n) is 4.07. The number of aliphatic carboxylic acids is 1. The molecule has 0 fully saturated rings. The van der Waals surface area contributed by atoms with Crippen LogP contribution in [0.25, 0.3) is 0 Å². The summed E-state index contributed by atoms with van der Waals surface area (Å²) < 4.78 is 0. The van der Waals surface area contributed by atoms with E-state index in [1.807, 2.05) is 0 Å². The molecule has 0 aliphatic carbocycles. The molecule has 0 aromatic rings. The molecule has 1 atom stereocenters. The van der Waals surface area contributed by atoms with Crippen molar-refractivity contribution in [1.82, 2.24) is 0 Å². The van der Waals surface area contributed by atoms with Gasteiger partial charge in [-0.25, -0.2) is 0 Å². The summed E-state index contributed by atoms with van der Waals surface area (Å²) in [6.45, 7) is 0. The van der Waals surface area contributed by atoms with Gasteiger partial charge < -0.3 is 0 Å². The topological polar surface area (TPSA) is 63.3 Å². The fourth-order valence-corrected chi connectivity index (χ4v) is 1.62. The van der Waals surface area contributed by atoms with E-state index in [1.54, 1.807) is 0 Å². The molecular weight excluding hydrogens is 193 g/mol. The van der Waals surface area contributed by atoms with Gasteiger partial charge in [-0.2, -0.15) is 0 Å². The van der Waals surface area contributed by atoms with Crippen LogP contribution in [0, 0.1) is 0 Å². The average molecular weight is 200 g/mol. The molecule has 0 aromatic heterocycles. The van der Waals surface area contributed by atoms with Crippen LogP contribution in [0.3, 0.4) is 0 Å². The van der Waals surface area contributed by atoms with Crippen LogP contribution in [-0.4, -0.2) is 31.0 Å². The standard InChI is InChI=1S/C3H7NO2SSe/c4-2(1-8-7)3(5)6/h2,7H,1,4H2,(H,5,6)/t2-/m0/s1. The van der Waals surface area contributed by atoms with Gasteiger partial charge in [0.25, 0.3) is 0 Å². The fourth-order valence-electron chi connectivity index (χ4n) is 0.152. The summed E-state index contributed by atoms with van der Waals surface area (Å²) in [6, 6.07) is -0.715. The Bertz CT molecular complexity index is 89.4. The Hall–Kier alpha value is 0.299. The van der Waals surface area contributed by atoms with Crippen molar-refractivity contribution in [2.24, 2.45) is 5.73 Å². The molecule has 0 aromatic carbocycles. The molecule has 0 radical (unpaired) electrons. The average Bonchev–Trinajstić information content (AvgIpc) is 1.67. The third kappa shape index (κ3) is 3.32. The third-order valence-corrected chi connectivity index (χ3v) is 2.41. The number of carboxylic acid groups (broad SMARTS) is 1. The molecule has 0 rings (SSSR count). The summed E-state index contributed by atoms with van der Waals surface area (Å²) >= 11 is 3.94. The monoisotopic (exact) mass is 201 g/mol. The second-order valence-corrected chi connectivity index (χ2v) is 3.82.